The molecule has 3 aromatic carbocycles. The maximum atomic E-state index is 13.7. The summed E-state index contributed by atoms with van der Waals surface area (Å²) in [4.78, 5) is 34.2. The zero-order valence-electron chi connectivity index (χ0n) is 16.9. The van der Waals surface area contributed by atoms with Gasteiger partial charge in [-0.25, -0.2) is 9.96 Å². The number of carbonyl (C=O) groups is 2. The number of hydroxylamine groups is 1. The Balaban J connectivity index is 1.62. The molecule has 2 aliphatic heterocycles. The number of nitrogens with zero attached hydrogens (tertiary/aromatic N) is 2. The van der Waals surface area contributed by atoms with Crippen LogP contribution in [0.15, 0.2) is 72.8 Å². The smallest absolute Gasteiger partial charge is 0.266 e. The molecule has 0 aromatic heterocycles. The second-order valence-corrected chi connectivity index (χ2v) is 8.33. The lowest BCUT2D eigenvalue weighted by atomic mass is 9.90. The second-order valence-electron chi connectivity index (χ2n) is 7.52. The summed E-state index contributed by atoms with van der Waals surface area (Å²) in [5, 5.41) is 2.07. The molecule has 0 spiro atoms. The van der Waals surface area contributed by atoms with Gasteiger partial charge in [0.1, 0.15) is 11.7 Å². The molecule has 8 heteroatoms. The first-order valence-corrected chi connectivity index (χ1v) is 10.7. The molecule has 3 unspecified atom stereocenters. The van der Waals surface area contributed by atoms with Crippen molar-refractivity contribution < 1.29 is 19.2 Å². The van der Waals surface area contributed by atoms with E-state index in [4.69, 9.17) is 32.8 Å². The molecule has 0 aliphatic carbocycles. The molecule has 0 radical (unpaired) electrons. The van der Waals surface area contributed by atoms with Crippen molar-refractivity contribution >= 4 is 46.4 Å². The molecule has 2 fully saturated rings. The van der Waals surface area contributed by atoms with E-state index in [0.29, 0.717) is 5.75 Å². The molecule has 2 amide bonds. The van der Waals surface area contributed by atoms with Gasteiger partial charge in [0.25, 0.3) is 5.91 Å². The number of rotatable bonds is 4. The maximum absolute atomic E-state index is 13.7. The van der Waals surface area contributed by atoms with Crippen molar-refractivity contribution in [2.45, 2.75) is 12.1 Å². The van der Waals surface area contributed by atoms with Crippen LogP contribution in [0.3, 0.4) is 0 Å². The van der Waals surface area contributed by atoms with Gasteiger partial charge in [0.05, 0.1) is 34.6 Å². The highest BCUT2D eigenvalue weighted by molar-refractivity contribution is 6.42. The Bertz CT molecular complexity index is 1180. The third kappa shape index (κ3) is 3.23. The van der Waals surface area contributed by atoms with Crippen LogP contribution in [-0.4, -0.2) is 25.0 Å². The monoisotopic (exact) mass is 468 g/mol. The zero-order valence-corrected chi connectivity index (χ0v) is 18.5. The van der Waals surface area contributed by atoms with E-state index in [0.717, 1.165) is 16.2 Å². The lowest BCUT2D eigenvalue weighted by Gasteiger charge is -2.29. The topological polar surface area (TPSA) is 59.1 Å². The first kappa shape index (κ1) is 20.8. The second kappa shape index (κ2) is 8.13. The summed E-state index contributed by atoms with van der Waals surface area (Å²) in [6, 6.07) is 21.0. The lowest BCUT2D eigenvalue weighted by Crippen LogP contribution is -2.37. The summed E-state index contributed by atoms with van der Waals surface area (Å²) in [6.07, 6.45) is -1.01. The number of ether oxygens (including phenoxy) is 1. The van der Waals surface area contributed by atoms with E-state index in [1.807, 2.05) is 54.6 Å². The Morgan fingerprint density at radius 2 is 1.56 bits per heavy atom. The number of fused-ring (bicyclic) bond motifs is 1. The number of halogens is 2. The van der Waals surface area contributed by atoms with Gasteiger partial charge in [0.15, 0.2) is 6.10 Å². The summed E-state index contributed by atoms with van der Waals surface area (Å²) in [5.74, 6) is -1.06. The van der Waals surface area contributed by atoms with Crippen molar-refractivity contribution in [1.82, 2.24) is 0 Å². The molecule has 162 valence electrons. The van der Waals surface area contributed by atoms with Crippen molar-refractivity contribution in [2.75, 3.05) is 17.1 Å². The largest absolute Gasteiger partial charge is 0.497 e. The average Bonchev–Trinajstić information content (AvgIpc) is 3.31. The van der Waals surface area contributed by atoms with Gasteiger partial charge in [-0.2, -0.15) is 0 Å². The summed E-state index contributed by atoms with van der Waals surface area (Å²) in [6.45, 7) is 0. The van der Waals surface area contributed by atoms with Gasteiger partial charge >= 0.3 is 0 Å². The predicted molar refractivity (Wildman–Crippen MR) is 122 cm³/mol. The molecule has 0 saturated carbocycles. The van der Waals surface area contributed by atoms with E-state index in [1.54, 1.807) is 30.4 Å². The number of hydrogen-bond donors (Lipinski definition) is 0. The highest BCUT2D eigenvalue weighted by Gasteiger charge is 2.60. The fraction of sp³-hybridized carbons (Fsp3) is 0.167. The summed E-state index contributed by atoms with van der Waals surface area (Å²) in [7, 11) is 1.58. The summed E-state index contributed by atoms with van der Waals surface area (Å²) >= 11 is 12.6. The zero-order chi connectivity index (χ0) is 22.4. The molecule has 32 heavy (non-hydrogen) atoms. The van der Waals surface area contributed by atoms with Crippen molar-refractivity contribution in [1.29, 1.82) is 0 Å². The van der Waals surface area contributed by atoms with E-state index < -0.39 is 29.9 Å². The molecular weight excluding hydrogens is 451 g/mol. The standard InChI is InChI=1S/C24H18Cl2N2O4/c1-31-16-10-5-7-14(13-16)20-19-22(32-28(20)15-8-3-2-4-9-15)24(30)27(23(19)29)21-17(25)11-6-12-18(21)26/h2-13,19-20,22H,1H3. The highest BCUT2D eigenvalue weighted by atomic mass is 35.5. The molecule has 2 saturated heterocycles. The van der Waals surface area contributed by atoms with Crippen LogP contribution >= 0.6 is 23.2 Å². The summed E-state index contributed by atoms with van der Waals surface area (Å²) < 4.78 is 5.38. The fourth-order valence-electron chi connectivity index (χ4n) is 4.30. The average molecular weight is 469 g/mol. The van der Waals surface area contributed by atoms with Crippen LogP contribution < -0.4 is 14.7 Å². The quantitative estimate of drug-likeness (QED) is 0.501. The molecule has 5 rings (SSSR count). The number of methoxy groups -OCH3 is 1. The maximum Gasteiger partial charge on any atom is 0.266 e. The lowest BCUT2D eigenvalue weighted by molar-refractivity contribution is -0.126. The van der Waals surface area contributed by atoms with Gasteiger partial charge < -0.3 is 4.74 Å². The number of benzene rings is 3. The molecule has 0 bridgehead atoms. The van der Waals surface area contributed by atoms with Crippen LogP contribution in [0.4, 0.5) is 11.4 Å². The van der Waals surface area contributed by atoms with E-state index in [9.17, 15) is 9.59 Å². The number of imide groups is 1. The third-order valence-corrected chi connectivity index (χ3v) is 6.33. The fourth-order valence-corrected chi connectivity index (χ4v) is 4.87. The van der Waals surface area contributed by atoms with Crippen molar-refractivity contribution in [3.05, 3.63) is 88.4 Å². The molecule has 0 N–H and O–H groups in total. The van der Waals surface area contributed by atoms with Crippen LogP contribution in [0.2, 0.25) is 10.0 Å². The van der Waals surface area contributed by atoms with Crippen LogP contribution in [0.25, 0.3) is 0 Å². The van der Waals surface area contributed by atoms with Crippen molar-refractivity contribution in [3.8, 4) is 5.75 Å². The minimum absolute atomic E-state index is 0.180. The number of carbonyl (C=O) groups excluding carboxylic acids is 2. The van der Waals surface area contributed by atoms with Gasteiger partial charge in [-0.3, -0.25) is 14.4 Å². The normalized spacial score (nSPS) is 22.4. The molecule has 6 nitrogen and oxygen atoms in total. The van der Waals surface area contributed by atoms with E-state index in [-0.39, 0.29) is 15.7 Å². The first-order chi connectivity index (χ1) is 15.5. The minimum atomic E-state index is -1.01. The van der Waals surface area contributed by atoms with E-state index in [1.165, 1.54) is 0 Å². The summed E-state index contributed by atoms with van der Waals surface area (Å²) in [5.41, 5.74) is 1.70. The Hall–Kier alpha value is -3.06. The number of amides is 2. The van der Waals surface area contributed by atoms with Crippen LogP contribution in [0.5, 0.6) is 5.75 Å². The van der Waals surface area contributed by atoms with Crippen LogP contribution in [-0.2, 0) is 14.4 Å². The van der Waals surface area contributed by atoms with Crippen molar-refractivity contribution in [3.63, 3.8) is 0 Å². The Labute approximate surface area is 194 Å². The SMILES string of the molecule is COc1cccc(C2C3C(=O)N(c4c(Cl)cccc4Cl)C(=O)C3ON2c2ccccc2)c1. The Kier molecular flexibility index (Phi) is 5.29. The highest BCUT2D eigenvalue weighted by Crippen LogP contribution is 2.49. The molecule has 3 aromatic rings. The first-order valence-electron chi connectivity index (χ1n) is 9.98. The van der Waals surface area contributed by atoms with E-state index in [2.05, 4.69) is 0 Å². The molecule has 2 heterocycles. The van der Waals surface area contributed by atoms with Gasteiger partial charge in [-0.05, 0) is 42.0 Å². The molecule has 3 atom stereocenters. The van der Waals surface area contributed by atoms with Gasteiger partial charge in [0, 0.05) is 0 Å². The predicted octanol–water partition coefficient (Wildman–Crippen LogP) is 5.05. The minimum Gasteiger partial charge on any atom is -0.497 e. The molecule has 2 aliphatic rings. The number of anilines is 2. The molecular formula is C24H18Cl2N2O4. The van der Waals surface area contributed by atoms with E-state index >= 15 is 0 Å². The van der Waals surface area contributed by atoms with Gasteiger partial charge in [0.2, 0.25) is 5.91 Å². The van der Waals surface area contributed by atoms with Crippen LogP contribution in [0.1, 0.15) is 11.6 Å². The van der Waals surface area contributed by atoms with Crippen molar-refractivity contribution in [2.24, 2.45) is 5.92 Å². The van der Waals surface area contributed by atoms with Gasteiger partial charge in [-0.1, -0.05) is 59.6 Å². The Morgan fingerprint density at radius 3 is 2.25 bits per heavy atom. The number of hydrogen-bond acceptors (Lipinski definition) is 5. The number of para-hydroxylation sites is 2. The van der Waals surface area contributed by atoms with Crippen LogP contribution in [0, 0.1) is 5.92 Å². The van der Waals surface area contributed by atoms with Gasteiger partial charge in [-0.15, -0.1) is 0 Å². The third-order valence-electron chi connectivity index (χ3n) is 5.72. The Morgan fingerprint density at radius 1 is 0.875 bits per heavy atom.